The fraction of sp³-hybridized carbons (Fsp3) is 0.385. The number of anilines is 1. The molecule has 2 amide bonds. The molecule has 0 spiro atoms. The molecule has 0 fully saturated rings. The number of rotatable bonds is 7. The number of carbonyl (C=O) groups excluding carboxylic acids is 2. The maximum absolute atomic E-state index is 11.5. The van der Waals surface area contributed by atoms with Gasteiger partial charge in [0.15, 0.2) is 0 Å². The first-order chi connectivity index (χ1) is 9.17. The Morgan fingerprint density at radius 1 is 1.05 bits per heavy atom. The quantitative estimate of drug-likeness (QED) is 0.563. The molecule has 104 valence electrons. The number of carbonyl (C=O) groups is 2. The smallest absolute Gasteiger partial charge is 0.251 e. The van der Waals surface area contributed by atoms with Crippen LogP contribution in [0, 0.1) is 0 Å². The second-order valence-corrected chi connectivity index (χ2v) is 3.93. The van der Waals surface area contributed by atoms with E-state index in [1.54, 1.807) is 24.3 Å². The first kappa shape index (κ1) is 15.1. The minimum Gasteiger partial charge on any atom is -0.396 e. The van der Waals surface area contributed by atoms with E-state index in [4.69, 9.17) is 10.2 Å². The largest absolute Gasteiger partial charge is 0.396 e. The van der Waals surface area contributed by atoms with Gasteiger partial charge in [0, 0.05) is 30.8 Å². The summed E-state index contributed by atoms with van der Waals surface area (Å²) < 4.78 is 0. The van der Waals surface area contributed by atoms with Gasteiger partial charge in [0.25, 0.3) is 5.91 Å². The van der Waals surface area contributed by atoms with Crippen LogP contribution < -0.4 is 10.6 Å². The van der Waals surface area contributed by atoms with Gasteiger partial charge >= 0.3 is 0 Å². The van der Waals surface area contributed by atoms with Crippen LogP contribution in [0.4, 0.5) is 5.69 Å². The first-order valence-corrected chi connectivity index (χ1v) is 6.07. The van der Waals surface area contributed by atoms with E-state index in [2.05, 4.69) is 10.6 Å². The van der Waals surface area contributed by atoms with Crippen molar-refractivity contribution in [3.05, 3.63) is 29.8 Å². The van der Waals surface area contributed by atoms with Crippen LogP contribution in [-0.4, -0.2) is 41.8 Å². The van der Waals surface area contributed by atoms with E-state index in [9.17, 15) is 9.59 Å². The molecule has 0 bridgehead atoms. The molecular formula is C13H18N2O4. The molecule has 0 aliphatic heterocycles. The van der Waals surface area contributed by atoms with E-state index in [1.807, 2.05) is 0 Å². The second-order valence-electron chi connectivity index (χ2n) is 3.93. The molecule has 0 aromatic heterocycles. The molecule has 0 aliphatic rings. The standard InChI is InChI=1S/C13H18N2O4/c16-8-1-2-12(18)15-11-5-3-10(4-6-11)13(19)14-7-9-17/h3-6,16-17H,1-2,7-9H2,(H,14,19)(H,15,18). The molecule has 4 N–H and O–H groups in total. The Bertz CT molecular complexity index is 417. The van der Waals surface area contributed by atoms with Crippen molar-refractivity contribution >= 4 is 17.5 Å². The molecule has 19 heavy (non-hydrogen) atoms. The molecule has 6 nitrogen and oxygen atoms in total. The van der Waals surface area contributed by atoms with Gasteiger partial charge in [-0.15, -0.1) is 0 Å². The van der Waals surface area contributed by atoms with Gasteiger partial charge in [0.2, 0.25) is 5.91 Å². The zero-order valence-corrected chi connectivity index (χ0v) is 10.6. The van der Waals surface area contributed by atoms with Gasteiger partial charge in [-0.25, -0.2) is 0 Å². The summed E-state index contributed by atoms with van der Waals surface area (Å²) in [7, 11) is 0. The van der Waals surface area contributed by atoms with Crippen molar-refractivity contribution < 1.29 is 19.8 Å². The third kappa shape index (κ3) is 5.50. The maximum Gasteiger partial charge on any atom is 0.251 e. The molecule has 1 aromatic rings. The van der Waals surface area contributed by atoms with E-state index in [1.165, 1.54) is 0 Å². The van der Waals surface area contributed by atoms with Crippen molar-refractivity contribution in [1.82, 2.24) is 5.32 Å². The molecular weight excluding hydrogens is 248 g/mol. The Hall–Kier alpha value is -1.92. The van der Waals surface area contributed by atoms with Gasteiger partial charge in [-0.05, 0) is 30.7 Å². The summed E-state index contributed by atoms with van der Waals surface area (Å²) in [6, 6.07) is 6.44. The molecule has 0 radical (unpaired) electrons. The van der Waals surface area contributed by atoms with Crippen LogP contribution in [0.25, 0.3) is 0 Å². The van der Waals surface area contributed by atoms with E-state index < -0.39 is 0 Å². The van der Waals surface area contributed by atoms with Crippen molar-refractivity contribution in [2.24, 2.45) is 0 Å². The molecule has 0 unspecified atom stereocenters. The molecule has 0 saturated heterocycles. The fourth-order valence-corrected chi connectivity index (χ4v) is 1.44. The van der Waals surface area contributed by atoms with E-state index >= 15 is 0 Å². The molecule has 0 atom stereocenters. The van der Waals surface area contributed by atoms with Gasteiger partial charge in [-0.1, -0.05) is 0 Å². The predicted octanol–water partition coefficient (Wildman–Crippen LogP) is 0.120. The van der Waals surface area contributed by atoms with Crippen LogP contribution in [0.1, 0.15) is 23.2 Å². The van der Waals surface area contributed by atoms with Crippen molar-refractivity contribution in [2.75, 3.05) is 25.1 Å². The van der Waals surface area contributed by atoms with Gasteiger partial charge in [0.1, 0.15) is 0 Å². The molecule has 0 aliphatic carbocycles. The number of amides is 2. The Morgan fingerprint density at radius 2 is 1.74 bits per heavy atom. The highest BCUT2D eigenvalue weighted by Crippen LogP contribution is 2.10. The lowest BCUT2D eigenvalue weighted by molar-refractivity contribution is -0.116. The monoisotopic (exact) mass is 266 g/mol. The second kappa shape index (κ2) is 8.23. The van der Waals surface area contributed by atoms with Crippen LogP contribution in [-0.2, 0) is 4.79 Å². The van der Waals surface area contributed by atoms with Gasteiger partial charge in [-0.2, -0.15) is 0 Å². The predicted molar refractivity (Wildman–Crippen MR) is 70.8 cm³/mol. The third-order valence-corrected chi connectivity index (χ3v) is 2.39. The normalized spacial score (nSPS) is 10.0. The number of benzene rings is 1. The molecule has 6 heteroatoms. The van der Waals surface area contributed by atoms with Gasteiger partial charge in [0.05, 0.1) is 6.61 Å². The average molecular weight is 266 g/mol. The molecule has 0 heterocycles. The molecule has 1 rings (SSSR count). The SMILES string of the molecule is O=C(CCCO)Nc1ccc(C(=O)NCCO)cc1. The fourth-order valence-electron chi connectivity index (χ4n) is 1.44. The van der Waals surface area contributed by atoms with E-state index in [0.717, 1.165) is 0 Å². The highest BCUT2D eigenvalue weighted by Gasteiger charge is 2.05. The lowest BCUT2D eigenvalue weighted by Crippen LogP contribution is -2.26. The van der Waals surface area contributed by atoms with Gasteiger partial charge < -0.3 is 20.8 Å². The molecule has 0 saturated carbocycles. The highest BCUT2D eigenvalue weighted by atomic mass is 16.3. The minimum absolute atomic E-state index is 0.0165. The number of aliphatic hydroxyl groups excluding tert-OH is 2. The summed E-state index contributed by atoms with van der Waals surface area (Å²) in [5.74, 6) is -0.446. The summed E-state index contributed by atoms with van der Waals surface area (Å²) in [6.07, 6.45) is 0.683. The Balaban J connectivity index is 2.51. The Labute approximate surface area is 111 Å². The number of hydrogen-bond donors (Lipinski definition) is 4. The number of aliphatic hydroxyl groups is 2. The Morgan fingerprint density at radius 3 is 2.32 bits per heavy atom. The lowest BCUT2D eigenvalue weighted by Gasteiger charge is -2.06. The van der Waals surface area contributed by atoms with Crippen molar-refractivity contribution in [2.45, 2.75) is 12.8 Å². The summed E-state index contributed by atoms with van der Waals surface area (Å²) in [4.78, 5) is 22.9. The van der Waals surface area contributed by atoms with Crippen molar-refractivity contribution in [1.29, 1.82) is 0 Å². The highest BCUT2D eigenvalue weighted by molar-refractivity contribution is 5.95. The lowest BCUT2D eigenvalue weighted by atomic mass is 10.2. The maximum atomic E-state index is 11.5. The van der Waals surface area contributed by atoms with Crippen molar-refractivity contribution in [3.63, 3.8) is 0 Å². The number of hydrogen-bond acceptors (Lipinski definition) is 4. The van der Waals surface area contributed by atoms with Crippen LogP contribution in [0.5, 0.6) is 0 Å². The average Bonchev–Trinajstić information content (AvgIpc) is 2.43. The van der Waals surface area contributed by atoms with Crippen LogP contribution in [0.15, 0.2) is 24.3 Å². The zero-order valence-electron chi connectivity index (χ0n) is 10.6. The van der Waals surface area contributed by atoms with Crippen LogP contribution in [0.2, 0.25) is 0 Å². The topological polar surface area (TPSA) is 98.7 Å². The van der Waals surface area contributed by atoms with Crippen LogP contribution in [0.3, 0.4) is 0 Å². The Kier molecular flexibility index (Phi) is 6.56. The number of nitrogens with one attached hydrogen (secondary N) is 2. The van der Waals surface area contributed by atoms with E-state index in [0.29, 0.717) is 17.7 Å². The van der Waals surface area contributed by atoms with Crippen LogP contribution >= 0.6 is 0 Å². The zero-order chi connectivity index (χ0) is 14.1. The summed E-state index contributed by atoms with van der Waals surface area (Å²) in [5.41, 5.74) is 1.06. The minimum atomic E-state index is -0.271. The summed E-state index contributed by atoms with van der Waals surface area (Å²) in [6.45, 7) is 0.0839. The first-order valence-electron chi connectivity index (χ1n) is 6.07. The molecule has 1 aromatic carbocycles. The van der Waals surface area contributed by atoms with Crippen molar-refractivity contribution in [3.8, 4) is 0 Å². The summed E-state index contributed by atoms with van der Waals surface area (Å²) >= 11 is 0. The van der Waals surface area contributed by atoms with E-state index in [-0.39, 0.29) is 38.0 Å². The van der Waals surface area contributed by atoms with Gasteiger partial charge in [-0.3, -0.25) is 9.59 Å². The summed E-state index contributed by atoms with van der Waals surface area (Å²) in [5, 5.41) is 22.4. The third-order valence-electron chi connectivity index (χ3n) is 2.39.